The number of hydrogen-bond donors (Lipinski definition) is 1. The molecule has 5 rings (SSSR count). The number of thioether (sulfide) groups is 1. The van der Waals surface area contributed by atoms with Crippen molar-refractivity contribution >= 4 is 39.2 Å². The van der Waals surface area contributed by atoms with E-state index in [-0.39, 0.29) is 17.2 Å². The Morgan fingerprint density at radius 1 is 1.21 bits per heavy atom. The second kappa shape index (κ2) is 9.77. The molecule has 0 unspecified atom stereocenters. The molecule has 3 aromatic rings. The Morgan fingerprint density at radius 3 is 2.88 bits per heavy atom. The van der Waals surface area contributed by atoms with Crippen molar-refractivity contribution in [1.82, 2.24) is 14.9 Å². The van der Waals surface area contributed by atoms with E-state index in [4.69, 9.17) is 14.5 Å². The fraction of sp³-hybridized carbons (Fsp3) is 0.458. The third kappa shape index (κ3) is 4.61. The largest absolute Gasteiger partial charge is 0.486 e. The van der Waals surface area contributed by atoms with Crippen LogP contribution in [0.4, 0.5) is 0 Å². The van der Waals surface area contributed by atoms with Gasteiger partial charge in [-0.2, -0.15) is 0 Å². The third-order valence-electron chi connectivity index (χ3n) is 6.03. The topological polar surface area (TPSA) is 82.5 Å². The summed E-state index contributed by atoms with van der Waals surface area (Å²) in [6.45, 7) is 4.15. The number of aryl methyl sites for hydroxylation is 2. The molecule has 0 saturated carbocycles. The van der Waals surface area contributed by atoms with Crippen molar-refractivity contribution in [2.75, 3.05) is 25.5 Å². The van der Waals surface area contributed by atoms with Crippen LogP contribution in [-0.4, -0.2) is 41.0 Å². The maximum absolute atomic E-state index is 13.2. The zero-order valence-corrected chi connectivity index (χ0v) is 20.3. The Bertz CT molecular complexity index is 1250. The average molecular weight is 486 g/mol. The first kappa shape index (κ1) is 22.3. The number of hydrogen-bond acceptors (Lipinski definition) is 7. The lowest BCUT2D eigenvalue weighted by molar-refractivity contribution is -0.118. The maximum atomic E-state index is 13.2. The number of nitrogens with zero attached hydrogens (tertiary/aromatic N) is 2. The molecule has 2 aromatic heterocycles. The lowest BCUT2D eigenvalue weighted by Gasteiger charge is -2.18. The van der Waals surface area contributed by atoms with E-state index in [0.717, 1.165) is 46.5 Å². The molecule has 0 radical (unpaired) electrons. The summed E-state index contributed by atoms with van der Waals surface area (Å²) in [6, 6.07) is 5.87. The van der Waals surface area contributed by atoms with E-state index in [1.54, 1.807) is 15.9 Å². The molecule has 1 aliphatic heterocycles. The average Bonchev–Trinajstić information content (AvgIpc) is 3.21. The van der Waals surface area contributed by atoms with Gasteiger partial charge in [-0.05, 0) is 62.3 Å². The van der Waals surface area contributed by atoms with Gasteiger partial charge in [0.15, 0.2) is 16.7 Å². The van der Waals surface area contributed by atoms with E-state index in [2.05, 4.69) is 5.32 Å². The first-order valence-corrected chi connectivity index (χ1v) is 13.3. The molecule has 3 heterocycles. The van der Waals surface area contributed by atoms with Crippen LogP contribution in [-0.2, 0) is 30.6 Å². The second-order valence-corrected chi connectivity index (χ2v) is 10.2. The molecule has 1 aromatic carbocycles. The minimum Gasteiger partial charge on any atom is -0.486 e. The molecule has 0 atom stereocenters. The number of benzene rings is 1. The molecule has 0 spiro atoms. The van der Waals surface area contributed by atoms with E-state index < -0.39 is 0 Å². The molecule has 1 aliphatic carbocycles. The Morgan fingerprint density at radius 2 is 2.03 bits per heavy atom. The highest BCUT2D eigenvalue weighted by Crippen LogP contribution is 2.35. The van der Waals surface area contributed by atoms with Crippen molar-refractivity contribution in [1.29, 1.82) is 0 Å². The fourth-order valence-corrected chi connectivity index (χ4v) is 6.58. The molecule has 1 N–H and O–H groups in total. The Balaban J connectivity index is 1.21. The summed E-state index contributed by atoms with van der Waals surface area (Å²) in [7, 11) is 0. The molecular formula is C24H27N3O4S2. The highest BCUT2D eigenvalue weighted by atomic mass is 32.2. The van der Waals surface area contributed by atoms with E-state index in [0.29, 0.717) is 37.9 Å². The van der Waals surface area contributed by atoms with Crippen LogP contribution < -0.4 is 20.3 Å². The minimum atomic E-state index is -0.0694. The summed E-state index contributed by atoms with van der Waals surface area (Å²) in [5, 5.41) is 4.38. The van der Waals surface area contributed by atoms with Crippen molar-refractivity contribution in [3.63, 3.8) is 0 Å². The van der Waals surface area contributed by atoms with Gasteiger partial charge in [-0.1, -0.05) is 17.8 Å². The second-order valence-electron chi connectivity index (χ2n) is 8.20. The number of aromatic nitrogens is 2. The fourth-order valence-electron chi connectivity index (χ4n) is 4.38. The van der Waals surface area contributed by atoms with Gasteiger partial charge in [-0.3, -0.25) is 14.2 Å². The standard InChI is InChI=1S/C24H27N3O4S2/c1-2-27-23(29)21-16-5-3-4-6-19(16)33-22(21)26-24(27)32-14-20(28)25-10-9-15-7-8-17-18(13-15)31-12-11-30-17/h7-8,13H,2-6,9-12,14H2,1H3,(H,25,28). The summed E-state index contributed by atoms with van der Waals surface area (Å²) in [6.07, 6.45) is 5.02. The van der Waals surface area contributed by atoms with E-state index >= 15 is 0 Å². The lowest BCUT2D eigenvalue weighted by Crippen LogP contribution is -2.28. The smallest absolute Gasteiger partial charge is 0.263 e. The summed E-state index contributed by atoms with van der Waals surface area (Å²) in [5.41, 5.74) is 2.32. The van der Waals surface area contributed by atoms with Gasteiger partial charge in [-0.15, -0.1) is 11.3 Å². The number of amides is 1. The number of nitrogens with one attached hydrogen (secondary N) is 1. The monoisotopic (exact) mass is 485 g/mol. The van der Waals surface area contributed by atoms with Crippen LogP contribution >= 0.6 is 23.1 Å². The van der Waals surface area contributed by atoms with Crippen LogP contribution in [0.1, 0.15) is 35.8 Å². The van der Waals surface area contributed by atoms with E-state index in [1.807, 2.05) is 25.1 Å². The molecule has 9 heteroatoms. The van der Waals surface area contributed by atoms with Crippen LogP contribution in [0.3, 0.4) is 0 Å². The zero-order valence-electron chi connectivity index (χ0n) is 18.6. The number of thiophene rings is 1. The summed E-state index contributed by atoms with van der Waals surface area (Å²) in [5.74, 6) is 1.68. The molecule has 33 heavy (non-hydrogen) atoms. The van der Waals surface area contributed by atoms with Gasteiger partial charge in [-0.25, -0.2) is 4.98 Å². The van der Waals surface area contributed by atoms with Gasteiger partial charge in [0.2, 0.25) is 5.91 Å². The van der Waals surface area contributed by atoms with Crippen LogP contribution in [0.5, 0.6) is 11.5 Å². The van der Waals surface area contributed by atoms with Gasteiger partial charge >= 0.3 is 0 Å². The molecule has 1 amide bonds. The molecule has 2 aliphatic rings. The molecule has 0 fully saturated rings. The summed E-state index contributed by atoms with van der Waals surface area (Å²) in [4.78, 5) is 32.6. The number of rotatable bonds is 7. The van der Waals surface area contributed by atoms with Crippen molar-refractivity contribution < 1.29 is 14.3 Å². The molecule has 174 valence electrons. The van der Waals surface area contributed by atoms with Crippen LogP contribution in [0.15, 0.2) is 28.2 Å². The molecule has 0 saturated heterocycles. The van der Waals surface area contributed by atoms with E-state index in [1.165, 1.54) is 28.6 Å². The lowest BCUT2D eigenvalue weighted by atomic mass is 9.97. The van der Waals surface area contributed by atoms with Crippen molar-refractivity contribution in [3.05, 3.63) is 44.6 Å². The highest BCUT2D eigenvalue weighted by Gasteiger charge is 2.22. The maximum Gasteiger partial charge on any atom is 0.263 e. The normalized spacial score (nSPS) is 14.8. The Hall–Kier alpha value is -2.52. The van der Waals surface area contributed by atoms with Crippen LogP contribution in [0.2, 0.25) is 0 Å². The first-order chi connectivity index (χ1) is 16.1. The highest BCUT2D eigenvalue weighted by molar-refractivity contribution is 7.99. The summed E-state index contributed by atoms with van der Waals surface area (Å²) < 4.78 is 12.9. The van der Waals surface area contributed by atoms with Crippen molar-refractivity contribution in [3.8, 4) is 11.5 Å². The van der Waals surface area contributed by atoms with Gasteiger partial charge in [0.25, 0.3) is 5.56 Å². The van der Waals surface area contributed by atoms with E-state index in [9.17, 15) is 9.59 Å². The minimum absolute atomic E-state index is 0.0309. The number of fused-ring (bicyclic) bond motifs is 4. The van der Waals surface area contributed by atoms with Crippen LogP contribution in [0, 0.1) is 0 Å². The number of carbonyl (C=O) groups excluding carboxylic acids is 1. The van der Waals surface area contributed by atoms with Gasteiger partial charge < -0.3 is 14.8 Å². The SMILES string of the molecule is CCn1c(SCC(=O)NCCc2ccc3c(c2)OCCO3)nc2sc3c(c2c1=O)CCCC3. The summed E-state index contributed by atoms with van der Waals surface area (Å²) >= 11 is 2.97. The zero-order chi connectivity index (χ0) is 22.8. The number of carbonyl (C=O) groups is 1. The third-order valence-corrected chi connectivity index (χ3v) is 8.19. The Labute approximate surface area is 200 Å². The van der Waals surface area contributed by atoms with Crippen molar-refractivity contribution in [2.24, 2.45) is 0 Å². The molecule has 7 nitrogen and oxygen atoms in total. The van der Waals surface area contributed by atoms with Crippen LogP contribution in [0.25, 0.3) is 10.2 Å². The van der Waals surface area contributed by atoms with Gasteiger partial charge in [0, 0.05) is 18.0 Å². The van der Waals surface area contributed by atoms with Gasteiger partial charge in [0.05, 0.1) is 11.1 Å². The quantitative estimate of drug-likeness (QED) is 0.407. The Kier molecular flexibility index (Phi) is 6.59. The predicted octanol–water partition coefficient (Wildman–Crippen LogP) is 3.58. The van der Waals surface area contributed by atoms with Gasteiger partial charge in [0.1, 0.15) is 18.0 Å². The molecular weight excluding hydrogens is 458 g/mol. The molecule has 0 bridgehead atoms. The number of ether oxygens (including phenoxy) is 2. The first-order valence-electron chi connectivity index (χ1n) is 11.5. The van der Waals surface area contributed by atoms with Crippen molar-refractivity contribution in [2.45, 2.75) is 50.7 Å². The predicted molar refractivity (Wildman–Crippen MR) is 131 cm³/mol.